The molecule has 1 saturated carbocycles. The van der Waals surface area contributed by atoms with Gasteiger partial charge in [-0.1, -0.05) is 134 Å². The van der Waals surface area contributed by atoms with E-state index in [1.165, 1.54) is 76.5 Å². The third-order valence-corrected chi connectivity index (χ3v) is 11.8. The van der Waals surface area contributed by atoms with E-state index >= 15 is 0 Å². The van der Waals surface area contributed by atoms with E-state index in [9.17, 15) is 0 Å². The summed E-state index contributed by atoms with van der Waals surface area (Å²) in [6.45, 7) is 0. The fourth-order valence-corrected chi connectivity index (χ4v) is 9.58. The fourth-order valence-electron chi connectivity index (χ4n) is 9.58. The Morgan fingerprint density at radius 3 is 2.00 bits per heavy atom. The summed E-state index contributed by atoms with van der Waals surface area (Å²) < 4.78 is 0. The van der Waals surface area contributed by atoms with Crippen molar-refractivity contribution in [3.05, 3.63) is 159 Å². The van der Waals surface area contributed by atoms with Crippen molar-refractivity contribution in [2.75, 3.05) is 0 Å². The summed E-state index contributed by atoms with van der Waals surface area (Å²) in [5.74, 6) is 1.46. The van der Waals surface area contributed by atoms with Crippen LogP contribution in [0, 0.1) is 17.8 Å². The van der Waals surface area contributed by atoms with Crippen LogP contribution in [0.15, 0.2) is 127 Å². The summed E-state index contributed by atoms with van der Waals surface area (Å²) in [5, 5.41) is 5.91. The van der Waals surface area contributed by atoms with E-state index < -0.39 is 0 Å². The molecule has 1 heterocycles. The van der Waals surface area contributed by atoms with Crippen LogP contribution in [0.2, 0.25) is 0 Å². The van der Waals surface area contributed by atoms with Crippen molar-refractivity contribution in [2.45, 2.75) is 70.6 Å². The molecule has 2 aromatic carbocycles. The molecule has 238 valence electrons. The van der Waals surface area contributed by atoms with E-state index in [2.05, 4.69) is 121 Å². The predicted octanol–water partition coefficient (Wildman–Crippen LogP) is 8.67. The largest absolute Gasteiger partial charge is 0.248 e. The SMILES string of the molecule is C1=CC2C(C3=CC=C(c4cccc(C5=CCCC=C5)n4)CC3)=c3ccccc3=C(C3=c4ccccc4=C(C4CCCCC4)CC3)C2C=C1. The standard InChI is InChI=1S/C47H45N/c1-3-14-32(15-4-1)36-30-31-43(38-19-8-7-18-37(36)38)47-41-22-11-9-20-39(41)46(40-21-10-12-23-42(40)47)35-28-26-34(27-29-35)45-25-13-24-44(48-45)33-16-5-2-6-17-33/h5,7-13,16-26,28,32,39,41H,1-4,6,14-15,27,29-31H2. The third-order valence-electron chi connectivity index (χ3n) is 11.8. The fraction of sp³-hybridized carbons (Fsp3) is 0.298. The molecule has 0 radical (unpaired) electrons. The number of benzene rings is 2. The average molecular weight is 624 g/mol. The first-order valence-electron chi connectivity index (χ1n) is 18.6. The van der Waals surface area contributed by atoms with Crippen LogP contribution in [0.4, 0.5) is 0 Å². The van der Waals surface area contributed by atoms with E-state index in [1.54, 1.807) is 21.9 Å². The zero-order valence-electron chi connectivity index (χ0n) is 28.0. The Morgan fingerprint density at radius 1 is 0.562 bits per heavy atom. The number of hydrogen-bond acceptors (Lipinski definition) is 1. The first-order valence-corrected chi connectivity index (χ1v) is 18.6. The first kappa shape index (κ1) is 29.6. The number of rotatable bonds is 5. The van der Waals surface area contributed by atoms with Crippen molar-refractivity contribution in [3.8, 4) is 0 Å². The van der Waals surface area contributed by atoms with E-state index in [4.69, 9.17) is 4.98 Å². The maximum atomic E-state index is 5.12. The number of fused-ring (bicyclic) bond motifs is 3. The van der Waals surface area contributed by atoms with Crippen molar-refractivity contribution in [1.29, 1.82) is 0 Å². The van der Waals surface area contributed by atoms with Crippen LogP contribution in [0.1, 0.15) is 82.0 Å². The van der Waals surface area contributed by atoms with Gasteiger partial charge in [-0.15, -0.1) is 0 Å². The van der Waals surface area contributed by atoms with Gasteiger partial charge < -0.3 is 0 Å². The van der Waals surface area contributed by atoms with Gasteiger partial charge in [0, 0.05) is 11.8 Å². The minimum atomic E-state index is 0.343. The molecule has 0 N–H and O–H groups in total. The maximum Gasteiger partial charge on any atom is 0.0706 e. The lowest BCUT2D eigenvalue weighted by Crippen LogP contribution is -2.43. The summed E-state index contributed by atoms with van der Waals surface area (Å²) in [4.78, 5) is 5.12. The molecule has 9 rings (SSSR count). The number of allylic oxidation sites excluding steroid dienone is 12. The normalized spacial score (nSPS) is 23.6. The van der Waals surface area contributed by atoms with Crippen molar-refractivity contribution in [2.24, 2.45) is 17.8 Å². The Bertz CT molecular complexity index is 2220. The number of nitrogens with zero attached hydrogens (tertiary/aromatic N) is 1. The number of aromatic nitrogens is 1. The topological polar surface area (TPSA) is 12.9 Å². The van der Waals surface area contributed by atoms with E-state index in [0.717, 1.165) is 49.4 Å². The van der Waals surface area contributed by atoms with E-state index in [1.807, 2.05) is 0 Å². The molecule has 0 saturated heterocycles. The monoisotopic (exact) mass is 623 g/mol. The highest BCUT2D eigenvalue weighted by Gasteiger charge is 2.34. The Balaban J connectivity index is 1.20. The van der Waals surface area contributed by atoms with Crippen LogP contribution >= 0.6 is 0 Å². The lowest BCUT2D eigenvalue weighted by molar-refractivity contribution is 0.421. The molecule has 2 atom stereocenters. The third kappa shape index (κ3) is 5.29. The number of pyridine rings is 1. The highest BCUT2D eigenvalue weighted by molar-refractivity contribution is 5.95. The summed E-state index contributed by atoms with van der Waals surface area (Å²) in [6.07, 6.45) is 34.7. The van der Waals surface area contributed by atoms with Crippen molar-refractivity contribution in [1.82, 2.24) is 4.98 Å². The quantitative estimate of drug-likeness (QED) is 0.277. The van der Waals surface area contributed by atoms with Crippen molar-refractivity contribution < 1.29 is 0 Å². The summed E-state index contributed by atoms with van der Waals surface area (Å²) >= 11 is 0. The highest BCUT2D eigenvalue weighted by Crippen LogP contribution is 2.45. The Labute approximate surface area is 285 Å². The van der Waals surface area contributed by atoms with Crippen molar-refractivity contribution in [3.63, 3.8) is 0 Å². The molecule has 0 aliphatic heterocycles. The maximum absolute atomic E-state index is 5.12. The molecular formula is C47H45N. The lowest BCUT2D eigenvalue weighted by Gasteiger charge is -2.36. The molecule has 6 aliphatic rings. The molecule has 0 amide bonds. The van der Waals surface area contributed by atoms with Gasteiger partial charge in [0.1, 0.15) is 0 Å². The second-order valence-electron chi connectivity index (χ2n) is 14.5. The van der Waals surface area contributed by atoms with Gasteiger partial charge in [0.05, 0.1) is 11.4 Å². The van der Waals surface area contributed by atoms with Gasteiger partial charge in [-0.2, -0.15) is 0 Å². The Morgan fingerprint density at radius 2 is 1.25 bits per heavy atom. The van der Waals surface area contributed by atoms with E-state index in [-0.39, 0.29) is 0 Å². The molecular weight excluding hydrogens is 579 g/mol. The van der Waals surface area contributed by atoms with E-state index in [0.29, 0.717) is 11.8 Å². The van der Waals surface area contributed by atoms with Crippen molar-refractivity contribution >= 4 is 33.4 Å². The number of hydrogen-bond donors (Lipinski definition) is 0. The van der Waals surface area contributed by atoms with Crippen LogP contribution < -0.4 is 20.9 Å². The van der Waals surface area contributed by atoms with Gasteiger partial charge in [0.15, 0.2) is 0 Å². The van der Waals surface area contributed by atoms with Gasteiger partial charge in [-0.3, -0.25) is 0 Å². The molecule has 1 heteroatoms. The molecule has 48 heavy (non-hydrogen) atoms. The van der Waals surface area contributed by atoms with Crippen LogP contribution in [0.3, 0.4) is 0 Å². The van der Waals surface area contributed by atoms with Crippen LogP contribution in [0.25, 0.3) is 33.4 Å². The smallest absolute Gasteiger partial charge is 0.0706 e. The van der Waals surface area contributed by atoms with Gasteiger partial charge in [-0.25, -0.2) is 4.98 Å². The summed E-state index contributed by atoms with van der Waals surface area (Å²) in [5.41, 5.74) is 12.7. The van der Waals surface area contributed by atoms with Gasteiger partial charge in [0.25, 0.3) is 0 Å². The van der Waals surface area contributed by atoms with Crippen LogP contribution in [-0.4, -0.2) is 4.98 Å². The molecule has 1 nitrogen and oxygen atoms in total. The van der Waals surface area contributed by atoms with Crippen LogP contribution in [-0.2, 0) is 0 Å². The zero-order valence-corrected chi connectivity index (χ0v) is 28.0. The average Bonchev–Trinajstić information content (AvgIpc) is 3.17. The highest BCUT2D eigenvalue weighted by atomic mass is 14.7. The molecule has 3 aromatic rings. The minimum Gasteiger partial charge on any atom is -0.248 e. The lowest BCUT2D eigenvalue weighted by atomic mass is 9.67. The predicted molar refractivity (Wildman–Crippen MR) is 202 cm³/mol. The summed E-state index contributed by atoms with van der Waals surface area (Å²) in [7, 11) is 0. The minimum absolute atomic E-state index is 0.343. The Kier molecular flexibility index (Phi) is 7.93. The Hall–Kier alpha value is -4.49. The molecule has 6 aliphatic carbocycles. The van der Waals surface area contributed by atoms with Gasteiger partial charge in [-0.05, 0) is 124 Å². The second kappa shape index (κ2) is 12.8. The molecule has 1 fully saturated rings. The molecule has 1 aromatic heterocycles. The van der Waals surface area contributed by atoms with Crippen LogP contribution in [0.5, 0.6) is 0 Å². The zero-order chi connectivity index (χ0) is 31.9. The first-order chi connectivity index (χ1) is 23.8. The molecule has 2 unspecified atom stereocenters. The molecule has 0 bridgehead atoms. The molecule has 0 spiro atoms. The van der Waals surface area contributed by atoms with Gasteiger partial charge >= 0.3 is 0 Å². The van der Waals surface area contributed by atoms with Gasteiger partial charge in [0.2, 0.25) is 0 Å². The summed E-state index contributed by atoms with van der Waals surface area (Å²) in [6, 6.07) is 25.2. The second-order valence-corrected chi connectivity index (χ2v) is 14.5.